The second-order valence-corrected chi connectivity index (χ2v) is 25.2. The smallest absolute Gasteiger partial charge is 0.344 e. The lowest BCUT2D eigenvalue weighted by Gasteiger charge is -2.10. The number of carbonyl (C=O) groups is 4. The number of nitrogens with two attached hydrogens (primary N) is 1. The number of aryl methyl sites for hydroxylation is 3. The third-order valence-corrected chi connectivity index (χ3v) is 17.0. The minimum atomic E-state index is -0.428. The number of esters is 3. The maximum Gasteiger partial charge on any atom is 0.344 e. The molecule has 0 aliphatic carbocycles. The number of alkyl halides is 1. The van der Waals surface area contributed by atoms with Gasteiger partial charge in [-0.2, -0.15) is 0 Å². The molecule has 9 aromatic carbocycles. The molecule has 0 atom stereocenters. The molecule has 95 heavy (non-hydrogen) atoms. The summed E-state index contributed by atoms with van der Waals surface area (Å²) in [5, 5.41) is 11.3. The Kier molecular flexibility index (Phi) is 27.5. The number of hydrogen-bond acceptors (Lipinski definition) is 18. The second kappa shape index (κ2) is 36.4. The van der Waals surface area contributed by atoms with Crippen LogP contribution >= 0.6 is 66.8 Å². The SMILES string of the molecule is CCOC(=O)COc1ccc(OCc2nc(-c3ccc4ccccc4c3)c(Br)s2)cc1C.CCOC(=O)COc1ccc(OCc2nc(-c3ccc4ccccc4c3)cs2)cc1C.COC(=O)COc1ccc(OCC(N)=S)cc1C.O=C(CBr)c1ccc2ccccc2c1. The first kappa shape index (κ1) is 71.6. The number of aromatic nitrogens is 2. The van der Waals surface area contributed by atoms with Gasteiger partial charge in [-0.15, -0.1) is 22.7 Å². The highest BCUT2D eigenvalue weighted by atomic mass is 79.9. The Morgan fingerprint density at radius 2 is 0.937 bits per heavy atom. The number of halogens is 2. The van der Waals surface area contributed by atoms with E-state index < -0.39 is 5.97 Å². The van der Waals surface area contributed by atoms with Crippen LogP contribution in [0.25, 0.3) is 54.8 Å². The predicted octanol–water partition coefficient (Wildman–Crippen LogP) is 17.0. The summed E-state index contributed by atoms with van der Waals surface area (Å²) in [5.74, 6) is 2.87. The molecule has 16 nitrogen and oxygen atoms in total. The summed E-state index contributed by atoms with van der Waals surface area (Å²) in [4.78, 5) is 55.1. The van der Waals surface area contributed by atoms with Crippen molar-refractivity contribution in [3.8, 4) is 57.0 Å². The lowest BCUT2D eigenvalue weighted by molar-refractivity contribution is -0.146. The van der Waals surface area contributed by atoms with E-state index in [1.165, 1.54) is 34.0 Å². The molecule has 0 aliphatic heterocycles. The van der Waals surface area contributed by atoms with Crippen molar-refractivity contribution < 1.29 is 61.8 Å². The number of carbonyl (C=O) groups excluding carboxylic acids is 4. The topological polar surface area (TPSA) is 203 Å². The fourth-order valence-corrected chi connectivity index (χ4v) is 11.9. The summed E-state index contributed by atoms with van der Waals surface area (Å²) >= 11 is 14.7. The summed E-state index contributed by atoms with van der Waals surface area (Å²) in [6.07, 6.45) is 0. The zero-order chi connectivity index (χ0) is 67.6. The molecule has 0 amide bonds. The first-order chi connectivity index (χ1) is 46.0. The first-order valence-electron chi connectivity index (χ1n) is 29.9. The van der Waals surface area contributed by atoms with Gasteiger partial charge in [0.1, 0.15) is 69.3 Å². The van der Waals surface area contributed by atoms with Gasteiger partial charge in [-0.25, -0.2) is 24.4 Å². The van der Waals surface area contributed by atoms with Gasteiger partial charge in [0.05, 0.1) is 40.8 Å². The average Bonchev–Trinajstić information content (AvgIpc) is 2.07. The van der Waals surface area contributed by atoms with E-state index in [0.717, 1.165) is 69.7 Å². The van der Waals surface area contributed by atoms with Crippen LogP contribution < -0.4 is 34.2 Å². The highest BCUT2D eigenvalue weighted by Crippen LogP contribution is 2.36. The number of hydrogen-bond donors (Lipinski definition) is 1. The summed E-state index contributed by atoms with van der Waals surface area (Å²) in [7, 11) is 1.31. The number of rotatable bonds is 24. The van der Waals surface area contributed by atoms with Crippen LogP contribution in [-0.4, -0.2) is 90.7 Å². The number of benzene rings is 9. The number of ketones is 1. The van der Waals surface area contributed by atoms with E-state index >= 15 is 0 Å². The number of thiazole rings is 2. The molecule has 0 radical (unpaired) electrons. The third-order valence-electron chi connectivity index (χ3n) is 13.9. The van der Waals surface area contributed by atoms with Crippen molar-refractivity contribution >= 4 is 128 Å². The number of nitrogens with zero attached hydrogens (tertiary/aromatic N) is 2. The fourth-order valence-electron chi connectivity index (χ4n) is 9.16. The lowest BCUT2D eigenvalue weighted by Crippen LogP contribution is -2.17. The number of fused-ring (bicyclic) bond motifs is 3. The summed E-state index contributed by atoms with van der Waals surface area (Å²) in [5.41, 5.74) is 12.7. The van der Waals surface area contributed by atoms with Gasteiger partial charge in [0.15, 0.2) is 25.6 Å². The van der Waals surface area contributed by atoms with Gasteiger partial charge in [-0.1, -0.05) is 137 Å². The Labute approximate surface area is 581 Å². The minimum Gasteiger partial charge on any atom is -0.486 e. The largest absolute Gasteiger partial charge is 0.486 e. The molecular formula is C74H69Br2N3O13S3. The Balaban J connectivity index is 0.000000171. The maximum atomic E-state index is 11.5. The first-order valence-corrected chi connectivity index (χ1v) is 33.9. The highest BCUT2D eigenvalue weighted by Gasteiger charge is 2.15. The van der Waals surface area contributed by atoms with Crippen LogP contribution in [0.5, 0.6) is 34.5 Å². The molecule has 490 valence electrons. The van der Waals surface area contributed by atoms with Crippen molar-refractivity contribution in [2.75, 3.05) is 52.1 Å². The number of methoxy groups -OCH3 is 1. The molecule has 11 rings (SSSR count). The molecule has 2 aromatic heterocycles. The Hall–Kier alpha value is -9.25. The zero-order valence-corrected chi connectivity index (χ0v) is 58.6. The molecule has 0 aliphatic rings. The van der Waals surface area contributed by atoms with Crippen LogP contribution in [0.4, 0.5) is 0 Å². The van der Waals surface area contributed by atoms with Crippen molar-refractivity contribution in [3.05, 3.63) is 223 Å². The van der Waals surface area contributed by atoms with Gasteiger partial charge in [0, 0.05) is 22.1 Å². The Morgan fingerprint density at radius 1 is 0.495 bits per heavy atom. The quantitative estimate of drug-likeness (QED) is 0.0196. The van der Waals surface area contributed by atoms with E-state index in [9.17, 15) is 19.2 Å². The summed E-state index contributed by atoms with van der Waals surface area (Å²) in [6.45, 7) is 10.5. The lowest BCUT2D eigenvalue weighted by atomic mass is 10.1. The van der Waals surface area contributed by atoms with Crippen molar-refractivity contribution in [3.63, 3.8) is 0 Å². The molecule has 0 saturated carbocycles. The van der Waals surface area contributed by atoms with Gasteiger partial charge in [-0.05, 0) is 172 Å². The molecule has 21 heteroatoms. The summed E-state index contributed by atoms with van der Waals surface area (Å²) in [6, 6.07) is 59.3. The van der Waals surface area contributed by atoms with Crippen LogP contribution in [-0.2, 0) is 41.8 Å². The third kappa shape index (κ3) is 21.9. The Bertz CT molecular complexity index is 4440. The van der Waals surface area contributed by atoms with E-state index in [-0.39, 0.29) is 44.1 Å². The van der Waals surface area contributed by atoms with E-state index in [2.05, 4.69) is 103 Å². The van der Waals surface area contributed by atoms with Crippen LogP contribution in [0.1, 0.15) is 50.9 Å². The van der Waals surface area contributed by atoms with Crippen molar-refractivity contribution in [2.45, 2.75) is 47.8 Å². The van der Waals surface area contributed by atoms with Gasteiger partial charge < -0.3 is 48.4 Å². The average molecular weight is 1460 g/mol. The second-order valence-electron chi connectivity index (χ2n) is 20.8. The number of thiocarbonyl (C=S) groups is 1. The monoisotopic (exact) mass is 1460 g/mol. The number of ether oxygens (including phenoxy) is 9. The van der Waals surface area contributed by atoms with Crippen molar-refractivity contribution in [2.24, 2.45) is 5.73 Å². The predicted molar refractivity (Wildman–Crippen MR) is 386 cm³/mol. The molecular weight excluding hydrogens is 1390 g/mol. The van der Waals surface area contributed by atoms with Crippen molar-refractivity contribution in [1.29, 1.82) is 0 Å². The zero-order valence-electron chi connectivity index (χ0n) is 53.0. The van der Waals surface area contributed by atoms with E-state index in [1.54, 1.807) is 66.9 Å². The molecule has 0 fully saturated rings. The molecule has 0 saturated heterocycles. The van der Waals surface area contributed by atoms with Gasteiger partial charge in [-0.3, -0.25) is 4.79 Å². The van der Waals surface area contributed by atoms with E-state index in [1.807, 2.05) is 112 Å². The standard InChI is InChI=1S/C25H22BrNO4S.C25H23NO4S.C12H9BrO.C12H15NO4S/c1-3-29-23(28)15-31-21-11-10-20(12-16(21)2)30-14-22-27-24(25(26)32-22)19-9-8-17-6-4-5-7-18(17)13-19;1-3-28-25(27)15-30-23-11-10-21(12-17(23)2)29-14-24-26-22(16-31-24)20-9-8-18-6-4-5-7-19(18)13-20;13-8-12(14)11-6-5-9-3-1-2-4-10(9)7-11;1-8-5-9(16-6-11(13)18)3-4-10(8)17-7-12(14)15-2/h4-13H,3,14-15H2,1-2H3;4-13,16H,3,14-15H2,1-2H3;1-7H,8H2;3-5H,6-7H2,1-2H3,(H2,13,18). The highest BCUT2D eigenvalue weighted by molar-refractivity contribution is 9.11. The fraction of sp³-hybridized carbons (Fsp3) is 0.203. The van der Waals surface area contributed by atoms with Crippen LogP contribution in [0.2, 0.25) is 0 Å². The van der Waals surface area contributed by atoms with Gasteiger partial charge >= 0.3 is 17.9 Å². The van der Waals surface area contributed by atoms with Crippen LogP contribution in [0.3, 0.4) is 0 Å². The number of Topliss-reactive ketones (excluding diaryl/α,β-unsaturated/α-hetero) is 1. The van der Waals surface area contributed by atoms with Crippen LogP contribution in [0, 0.1) is 20.8 Å². The molecule has 2 N–H and O–H groups in total. The minimum absolute atomic E-state index is 0.106. The van der Waals surface area contributed by atoms with E-state index in [4.69, 9.17) is 65.8 Å². The van der Waals surface area contributed by atoms with Gasteiger partial charge in [0.25, 0.3) is 0 Å². The van der Waals surface area contributed by atoms with Crippen LogP contribution in [0.15, 0.2) is 191 Å². The van der Waals surface area contributed by atoms with E-state index in [0.29, 0.717) is 65.5 Å². The molecule has 0 unspecified atom stereocenters. The van der Waals surface area contributed by atoms with Gasteiger partial charge in [0.2, 0.25) is 0 Å². The molecule has 2 heterocycles. The molecule has 0 bridgehead atoms. The molecule has 11 aromatic rings. The Morgan fingerprint density at radius 3 is 1.41 bits per heavy atom. The molecule has 0 spiro atoms. The maximum absolute atomic E-state index is 11.5. The summed E-state index contributed by atoms with van der Waals surface area (Å²) < 4.78 is 48.7. The normalized spacial score (nSPS) is 10.5. The van der Waals surface area contributed by atoms with Crippen molar-refractivity contribution in [1.82, 2.24) is 9.97 Å².